The van der Waals surface area contributed by atoms with E-state index in [-0.39, 0.29) is 45.5 Å². The maximum Gasteiger partial charge on any atom is 0.269 e. The lowest BCUT2D eigenvalue weighted by Crippen LogP contribution is -2.31. The van der Waals surface area contributed by atoms with Crippen molar-refractivity contribution in [2.45, 2.75) is 10.8 Å². The van der Waals surface area contributed by atoms with Gasteiger partial charge in [0.05, 0.1) is 50.2 Å². The summed E-state index contributed by atoms with van der Waals surface area (Å²) in [6, 6.07) is 45.0. The van der Waals surface area contributed by atoms with Gasteiger partial charge >= 0.3 is 0 Å². The van der Waals surface area contributed by atoms with E-state index in [1.165, 1.54) is 194 Å². The summed E-state index contributed by atoms with van der Waals surface area (Å²) in [6.45, 7) is 0. The third-order valence-electron chi connectivity index (χ3n) is 12.1. The van der Waals surface area contributed by atoms with E-state index in [0.29, 0.717) is 44.5 Å². The maximum atomic E-state index is 11.3. The summed E-state index contributed by atoms with van der Waals surface area (Å²) >= 11 is 0. The molecule has 0 atom stereocenters. The number of nitro groups is 8. The van der Waals surface area contributed by atoms with E-state index in [9.17, 15) is 80.9 Å². The van der Waals surface area contributed by atoms with Crippen molar-refractivity contribution in [2.24, 2.45) is 0 Å². The van der Waals surface area contributed by atoms with Crippen LogP contribution >= 0.6 is 0 Å². The van der Waals surface area contributed by atoms with Gasteiger partial charge in [-0.3, -0.25) is 80.9 Å². The number of hydrogen-bond acceptors (Lipinski definition) is 16. The predicted molar refractivity (Wildman–Crippen MR) is 263 cm³/mol. The monoisotopic (exact) mass is 1000 g/mol. The van der Waals surface area contributed by atoms with Crippen LogP contribution < -0.4 is 0 Å². The van der Waals surface area contributed by atoms with Crippen LogP contribution in [-0.2, 0) is 10.8 Å². The van der Waals surface area contributed by atoms with Crippen LogP contribution in [0.4, 0.5) is 45.5 Å². The minimum absolute atomic E-state index is 0.172. The first-order valence-corrected chi connectivity index (χ1v) is 21.3. The fraction of sp³-hybridized carbons (Fsp3) is 0.0400. The molecule has 0 unspecified atom stereocenters. The molecule has 0 aliphatic heterocycles. The molecular weight excluding hydrogens is 969 g/mol. The van der Waals surface area contributed by atoms with Gasteiger partial charge < -0.3 is 0 Å². The number of nitrogens with zero attached hydrogens (tertiary/aromatic N) is 8. The topological polar surface area (TPSA) is 345 Å². The molecule has 0 aromatic heterocycles. The van der Waals surface area contributed by atoms with E-state index in [4.69, 9.17) is 0 Å². The molecule has 0 amide bonds. The average Bonchev–Trinajstić information content (AvgIpc) is 3.40. The molecule has 8 aromatic carbocycles. The Morgan fingerprint density at radius 2 is 0.257 bits per heavy atom. The summed E-state index contributed by atoms with van der Waals surface area (Å²) < 4.78 is 0. The SMILES string of the molecule is O=[N+]([O-])c1ccc(C(c2ccc([N+](=O)[O-])cc2)(c2ccc([N+](=O)[O-])cc2)c2ccc([N+](=O)[O-])cc2)cc1.O=[N+]([O-])c1ccc(C(c2ccc([N+](=O)[O-])cc2)(c2ccc([N+](=O)[O-])cc2)c2ccc([N+](=O)[O-])cc2)cc1. The highest BCUT2D eigenvalue weighted by Crippen LogP contribution is 2.48. The van der Waals surface area contributed by atoms with Crippen molar-refractivity contribution >= 4 is 45.5 Å². The van der Waals surface area contributed by atoms with Crippen LogP contribution in [0.1, 0.15) is 44.5 Å². The lowest BCUT2D eigenvalue weighted by atomic mass is 9.65. The van der Waals surface area contributed by atoms with Crippen LogP contribution in [0.2, 0.25) is 0 Å². The Morgan fingerprint density at radius 3 is 0.324 bits per heavy atom. The number of non-ortho nitro benzene ring substituents is 8. The Labute approximate surface area is 414 Å². The molecule has 0 aliphatic carbocycles. The Bertz CT molecular complexity index is 2760. The van der Waals surface area contributed by atoms with E-state index >= 15 is 0 Å². The smallest absolute Gasteiger partial charge is 0.258 e. The Morgan fingerprint density at radius 1 is 0.176 bits per heavy atom. The van der Waals surface area contributed by atoms with Gasteiger partial charge in [-0.2, -0.15) is 0 Å². The Hall–Kier alpha value is -11.0. The van der Waals surface area contributed by atoms with Gasteiger partial charge in [-0.25, -0.2) is 0 Å². The Balaban J connectivity index is 0.000000216. The molecule has 0 heterocycles. The summed E-state index contributed by atoms with van der Waals surface area (Å²) in [5.74, 6) is 0. The molecule has 24 heteroatoms. The second-order valence-corrected chi connectivity index (χ2v) is 15.9. The van der Waals surface area contributed by atoms with Crippen LogP contribution in [0.25, 0.3) is 0 Å². The molecule has 0 saturated heterocycles. The highest BCUT2D eigenvalue weighted by Gasteiger charge is 2.41. The summed E-state index contributed by atoms with van der Waals surface area (Å²) in [6.07, 6.45) is 0. The van der Waals surface area contributed by atoms with Crippen molar-refractivity contribution in [3.8, 4) is 0 Å². The molecule has 0 bridgehead atoms. The molecule has 368 valence electrons. The molecule has 8 rings (SSSR count). The molecule has 0 N–H and O–H groups in total. The van der Waals surface area contributed by atoms with Gasteiger partial charge in [0, 0.05) is 97.1 Å². The van der Waals surface area contributed by atoms with Crippen LogP contribution in [0.15, 0.2) is 194 Å². The third-order valence-corrected chi connectivity index (χ3v) is 12.1. The molecule has 0 spiro atoms. The molecule has 0 fully saturated rings. The fourth-order valence-electron chi connectivity index (χ4n) is 8.67. The summed E-state index contributed by atoms with van der Waals surface area (Å²) in [7, 11) is 0. The summed E-state index contributed by atoms with van der Waals surface area (Å²) in [5, 5.41) is 90.3. The fourth-order valence-corrected chi connectivity index (χ4v) is 8.67. The standard InChI is InChI=1S/2C25H16N4O8/c2*30-26(31)21-9-1-17(2-10-21)25(18-3-11-22(12-4-18)27(32)33,19-5-13-23(14-6-19)28(34)35)20-7-15-24(16-8-20)29(36)37/h2*1-16H. The van der Waals surface area contributed by atoms with Gasteiger partial charge in [-0.1, -0.05) is 97.1 Å². The maximum absolute atomic E-state index is 11.3. The average molecular weight is 1000 g/mol. The molecule has 0 aliphatic rings. The van der Waals surface area contributed by atoms with E-state index in [0.717, 1.165) is 0 Å². The van der Waals surface area contributed by atoms with Crippen molar-refractivity contribution in [1.29, 1.82) is 0 Å². The number of hydrogen-bond donors (Lipinski definition) is 0. The quantitative estimate of drug-likeness (QED) is 0.0493. The van der Waals surface area contributed by atoms with Crippen molar-refractivity contribution < 1.29 is 39.4 Å². The van der Waals surface area contributed by atoms with Crippen LogP contribution in [-0.4, -0.2) is 39.4 Å². The van der Waals surface area contributed by atoms with Gasteiger partial charge in [0.25, 0.3) is 45.5 Å². The normalized spacial score (nSPS) is 11.0. The molecular formula is C50H32N8O16. The number of nitro benzene ring substituents is 8. The van der Waals surface area contributed by atoms with Crippen molar-refractivity contribution in [2.75, 3.05) is 0 Å². The number of benzene rings is 8. The minimum Gasteiger partial charge on any atom is -0.258 e. The first-order chi connectivity index (χ1) is 35.3. The molecule has 0 radical (unpaired) electrons. The van der Waals surface area contributed by atoms with Gasteiger partial charge in [0.2, 0.25) is 0 Å². The lowest BCUT2D eigenvalue weighted by Gasteiger charge is -2.36. The molecule has 24 nitrogen and oxygen atoms in total. The van der Waals surface area contributed by atoms with E-state index in [2.05, 4.69) is 0 Å². The van der Waals surface area contributed by atoms with Gasteiger partial charge in [0.15, 0.2) is 0 Å². The zero-order valence-electron chi connectivity index (χ0n) is 37.6. The van der Waals surface area contributed by atoms with Crippen molar-refractivity contribution in [3.63, 3.8) is 0 Å². The second-order valence-electron chi connectivity index (χ2n) is 15.9. The zero-order chi connectivity index (χ0) is 53.5. The van der Waals surface area contributed by atoms with Crippen LogP contribution in [0.3, 0.4) is 0 Å². The summed E-state index contributed by atoms with van der Waals surface area (Å²) in [5.41, 5.74) is -0.0134. The van der Waals surface area contributed by atoms with Crippen LogP contribution in [0, 0.1) is 80.9 Å². The molecule has 0 saturated carbocycles. The third kappa shape index (κ3) is 9.88. The predicted octanol–water partition coefficient (Wildman–Crippen LogP) is 11.4. The summed E-state index contributed by atoms with van der Waals surface area (Å²) in [4.78, 5) is 85.8. The molecule has 74 heavy (non-hydrogen) atoms. The first kappa shape index (κ1) is 50.8. The lowest BCUT2D eigenvalue weighted by molar-refractivity contribution is -0.385. The second kappa shape index (κ2) is 20.9. The van der Waals surface area contributed by atoms with Gasteiger partial charge in [-0.15, -0.1) is 0 Å². The number of rotatable bonds is 16. The van der Waals surface area contributed by atoms with E-state index < -0.39 is 50.2 Å². The zero-order valence-corrected chi connectivity index (χ0v) is 37.6. The Kier molecular flexibility index (Phi) is 14.4. The highest BCUT2D eigenvalue weighted by molar-refractivity contribution is 5.64. The molecule has 8 aromatic rings. The highest BCUT2D eigenvalue weighted by atomic mass is 16.7. The van der Waals surface area contributed by atoms with Crippen LogP contribution in [0.5, 0.6) is 0 Å². The van der Waals surface area contributed by atoms with Gasteiger partial charge in [0.1, 0.15) is 0 Å². The van der Waals surface area contributed by atoms with E-state index in [1.807, 2.05) is 0 Å². The largest absolute Gasteiger partial charge is 0.269 e. The van der Waals surface area contributed by atoms with Gasteiger partial charge in [-0.05, 0) is 44.5 Å². The van der Waals surface area contributed by atoms with E-state index in [1.54, 1.807) is 0 Å². The van der Waals surface area contributed by atoms with Crippen molar-refractivity contribution in [3.05, 3.63) is 320 Å². The minimum atomic E-state index is -1.30. The first-order valence-electron chi connectivity index (χ1n) is 21.3. The van der Waals surface area contributed by atoms with Crippen molar-refractivity contribution in [1.82, 2.24) is 0 Å².